The first kappa shape index (κ1) is 24.4. The number of rotatable bonds is 5. The first-order chi connectivity index (χ1) is 17.1. The van der Waals surface area contributed by atoms with Crippen LogP contribution in [-0.4, -0.2) is 78.0 Å². The van der Waals surface area contributed by atoms with Crippen LogP contribution < -0.4 is 5.32 Å². The zero-order valence-corrected chi connectivity index (χ0v) is 19.3. The first-order valence-corrected chi connectivity index (χ1v) is 11.5. The molecular weight excluding hydrogens is 481 g/mol. The lowest BCUT2D eigenvalue weighted by Gasteiger charge is -2.19. The van der Waals surface area contributed by atoms with E-state index in [9.17, 15) is 28.2 Å². The van der Waals surface area contributed by atoms with Crippen LogP contribution in [0.3, 0.4) is 0 Å². The molecule has 0 aliphatic carbocycles. The number of nitrogens with one attached hydrogen (secondary N) is 1. The first-order valence-electron chi connectivity index (χ1n) is 11.5. The molecule has 1 amide bonds. The molecular formula is C23H25F3N6O4. The Morgan fingerprint density at radius 2 is 1.97 bits per heavy atom. The SMILES string of the molecule is CC(O)[C@@H]1C[C@@H](O)[C@H](n2cnc3c(NC4CCN(C(=O)c5ccc(C(F)(F)F)cc5)C4)ncnc32)O1. The highest BCUT2D eigenvalue weighted by Gasteiger charge is 2.38. The zero-order valence-electron chi connectivity index (χ0n) is 19.3. The van der Waals surface area contributed by atoms with Crippen molar-refractivity contribution in [1.29, 1.82) is 0 Å². The number of carbonyl (C=O) groups is 1. The second-order valence-electron chi connectivity index (χ2n) is 9.11. The maximum Gasteiger partial charge on any atom is 0.416 e. The van der Waals surface area contributed by atoms with Gasteiger partial charge in [-0.15, -0.1) is 0 Å². The lowest BCUT2D eigenvalue weighted by atomic mass is 10.1. The van der Waals surface area contributed by atoms with Crippen molar-refractivity contribution >= 4 is 22.9 Å². The fraction of sp³-hybridized carbons (Fsp3) is 0.478. The highest BCUT2D eigenvalue weighted by molar-refractivity contribution is 5.94. The molecule has 4 heterocycles. The Morgan fingerprint density at radius 3 is 2.64 bits per heavy atom. The van der Waals surface area contributed by atoms with Crippen LogP contribution in [0.5, 0.6) is 0 Å². The summed E-state index contributed by atoms with van der Waals surface area (Å²) < 4.78 is 45.8. The summed E-state index contributed by atoms with van der Waals surface area (Å²) in [7, 11) is 0. The van der Waals surface area contributed by atoms with E-state index in [1.807, 2.05) is 0 Å². The maximum atomic E-state index is 12.8. The number of likely N-dealkylation sites (tertiary alicyclic amines) is 1. The lowest BCUT2D eigenvalue weighted by molar-refractivity contribution is -0.137. The van der Waals surface area contributed by atoms with Gasteiger partial charge in [0.1, 0.15) is 12.4 Å². The Hall–Kier alpha value is -3.29. The van der Waals surface area contributed by atoms with Gasteiger partial charge in [0.25, 0.3) is 5.91 Å². The molecule has 3 aromatic rings. The topological polar surface area (TPSA) is 126 Å². The molecule has 13 heteroatoms. The van der Waals surface area contributed by atoms with Gasteiger partial charge >= 0.3 is 6.18 Å². The third kappa shape index (κ3) is 4.61. The number of hydrogen-bond donors (Lipinski definition) is 3. The van der Waals surface area contributed by atoms with Crippen molar-refractivity contribution in [1.82, 2.24) is 24.4 Å². The molecule has 5 rings (SSSR count). The number of nitrogens with zero attached hydrogens (tertiary/aromatic N) is 5. The minimum absolute atomic E-state index is 0.153. The summed E-state index contributed by atoms with van der Waals surface area (Å²) in [6.07, 6.45) is -3.54. The van der Waals surface area contributed by atoms with Crippen LogP contribution in [0.25, 0.3) is 11.2 Å². The molecule has 0 spiro atoms. The van der Waals surface area contributed by atoms with Gasteiger partial charge in [-0.2, -0.15) is 13.2 Å². The fourth-order valence-corrected chi connectivity index (χ4v) is 4.63. The lowest BCUT2D eigenvalue weighted by Crippen LogP contribution is -2.31. The quantitative estimate of drug-likeness (QED) is 0.481. The Kier molecular flexibility index (Phi) is 6.30. The van der Waals surface area contributed by atoms with Crippen molar-refractivity contribution in [3.8, 4) is 0 Å². The van der Waals surface area contributed by atoms with Crippen LogP contribution in [0.1, 0.15) is 41.9 Å². The molecule has 3 N–H and O–H groups in total. The number of fused-ring (bicyclic) bond motifs is 1. The molecule has 2 saturated heterocycles. The number of halogens is 3. The van der Waals surface area contributed by atoms with Crippen LogP contribution in [-0.2, 0) is 10.9 Å². The van der Waals surface area contributed by atoms with Gasteiger partial charge in [0.2, 0.25) is 0 Å². The van der Waals surface area contributed by atoms with E-state index in [4.69, 9.17) is 4.74 Å². The van der Waals surface area contributed by atoms with Crippen molar-refractivity contribution < 1.29 is 32.9 Å². The summed E-state index contributed by atoms with van der Waals surface area (Å²) in [5.74, 6) is 0.109. The number of aliphatic hydroxyl groups is 2. The number of alkyl halides is 3. The molecule has 5 atom stereocenters. The zero-order chi connectivity index (χ0) is 25.6. The van der Waals surface area contributed by atoms with E-state index in [1.165, 1.54) is 24.8 Å². The number of anilines is 1. The largest absolute Gasteiger partial charge is 0.416 e. The number of imidazole rings is 1. The molecule has 36 heavy (non-hydrogen) atoms. The van der Waals surface area contributed by atoms with Gasteiger partial charge in [-0.05, 0) is 37.6 Å². The number of ether oxygens (including phenoxy) is 1. The van der Waals surface area contributed by atoms with E-state index in [-0.39, 0.29) is 23.9 Å². The number of aliphatic hydroxyl groups excluding tert-OH is 2. The van der Waals surface area contributed by atoms with Gasteiger partial charge in [0, 0.05) is 31.1 Å². The summed E-state index contributed by atoms with van der Waals surface area (Å²) in [5, 5.41) is 23.5. The van der Waals surface area contributed by atoms with Crippen LogP contribution in [0, 0.1) is 0 Å². The van der Waals surface area contributed by atoms with E-state index in [2.05, 4.69) is 20.3 Å². The average molecular weight is 506 g/mol. The van der Waals surface area contributed by atoms with E-state index < -0.39 is 36.3 Å². The second kappa shape index (κ2) is 9.30. The van der Waals surface area contributed by atoms with Crippen LogP contribution in [0.15, 0.2) is 36.9 Å². The number of aromatic nitrogens is 4. The van der Waals surface area contributed by atoms with Crippen molar-refractivity contribution in [2.24, 2.45) is 0 Å². The second-order valence-corrected chi connectivity index (χ2v) is 9.11. The minimum atomic E-state index is -4.46. The number of amides is 1. The van der Waals surface area contributed by atoms with Gasteiger partial charge in [0.15, 0.2) is 23.2 Å². The molecule has 2 aromatic heterocycles. The summed E-state index contributed by atoms with van der Waals surface area (Å²) in [6.45, 7) is 2.37. The number of benzene rings is 1. The van der Waals surface area contributed by atoms with Gasteiger partial charge in [-0.1, -0.05) is 0 Å². The number of hydrogen-bond acceptors (Lipinski definition) is 8. The average Bonchev–Trinajstić information content (AvgIpc) is 3.57. The van der Waals surface area contributed by atoms with E-state index in [0.29, 0.717) is 36.5 Å². The maximum absolute atomic E-state index is 12.8. The summed E-state index contributed by atoms with van der Waals surface area (Å²) >= 11 is 0. The Bertz CT molecular complexity index is 1250. The summed E-state index contributed by atoms with van der Waals surface area (Å²) in [5.41, 5.74) is 0.293. The Balaban J connectivity index is 1.27. The van der Waals surface area contributed by atoms with Crippen molar-refractivity contribution in [2.45, 2.75) is 56.5 Å². The molecule has 2 aliphatic heterocycles. The molecule has 2 fully saturated rings. The predicted octanol–water partition coefficient (Wildman–Crippen LogP) is 2.20. The van der Waals surface area contributed by atoms with Gasteiger partial charge < -0.3 is 25.2 Å². The highest BCUT2D eigenvalue weighted by Crippen LogP contribution is 2.33. The number of carbonyl (C=O) groups excluding carboxylic acids is 1. The molecule has 10 nitrogen and oxygen atoms in total. The Labute approximate surface area is 203 Å². The third-order valence-corrected chi connectivity index (χ3v) is 6.56. The smallest absolute Gasteiger partial charge is 0.391 e. The molecule has 1 aromatic carbocycles. The third-order valence-electron chi connectivity index (χ3n) is 6.56. The summed E-state index contributed by atoms with van der Waals surface area (Å²) in [6, 6.07) is 4.03. The fourth-order valence-electron chi connectivity index (χ4n) is 4.63. The highest BCUT2D eigenvalue weighted by atomic mass is 19.4. The Morgan fingerprint density at radius 1 is 1.22 bits per heavy atom. The minimum Gasteiger partial charge on any atom is -0.391 e. The van der Waals surface area contributed by atoms with E-state index >= 15 is 0 Å². The summed E-state index contributed by atoms with van der Waals surface area (Å²) in [4.78, 5) is 27.3. The molecule has 2 aliphatic rings. The van der Waals surface area contributed by atoms with Gasteiger partial charge in [-0.3, -0.25) is 9.36 Å². The molecule has 0 saturated carbocycles. The van der Waals surface area contributed by atoms with Crippen molar-refractivity contribution in [3.63, 3.8) is 0 Å². The van der Waals surface area contributed by atoms with Crippen LogP contribution in [0.2, 0.25) is 0 Å². The molecule has 0 bridgehead atoms. The predicted molar refractivity (Wildman–Crippen MR) is 121 cm³/mol. The van der Waals surface area contributed by atoms with Crippen LogP contribution >= 0.6 is 0 Å². The van der Waals surface area contributed by atoms with Gasteiger partial charge in [-0.25, -0.2) is 15.0 Å². The normalized spacial score (nSPS) is 25.4. The van der Waals surface area contributed by atoms with Crippen molar-refractivity contribution in [2.75, 3.05) is 18.4 Å². The van der Waals surface area contributed by atoms with E-state index in [1.54, 1.807) is 16.4 Å². The van der Waals surface area contributed by atoms with Crippen LogP contribution in [0.4, 0.5) is 19.0 Å². The van der Waals surface area contributed by atoms with Gasteiger partial charge in [0.05, 0.1) is 24.1 Å². The molecule has 0 radical (unpaired) electrons. The molecule has 192 valence electrons. The van der Waals surface area contributed by atoms with E-state index in [0.717, 1.165) is 12.1 Å². The molecule has 2 unspecified atom stereocenters. The van der Waals surface area contributed by atoms with Crippen molar-refractivity contribution in [3.05, 3.63) is 48.0 Å². The standard InChI is InChI=1S/C23H25F3N6O4/c1-12(33)17-8-16(34)22(36-17)32-11-29-18-19(27-10-28-20(18)32)30-15-6-7-31(9-15)21(35)13-2-4-14(5-3-13)23(24,25)26/h2-5,10-12,15-17,22,33-34H,6-9H2,1H3,(H,27,28,30)/t12?,15?,16-,17+,22-/m1/s1. The monoisotopic (exact) mass is 506 g/mol.